The van der Waals surface area contributed by atoms with E-state index in [1.165, 1.54) is 10.9 Å². The summed E-state index contributed by atoms with van der Waals surface area (Å²) in [4.78, 5) is 12.3. The van der Waals surface area contributed by atoms with Crippen LogP contribution in [-0.2, 0) is 0 Å². The lowest BCUT2D eigenvalue weighted by molar-refractivity contribution is 0.808. The highest BCUT2D eigenvalue weighted by Crippen LogP contribution is 2.16. The summed E-state index contributed by atoms with van der Waals surface area (Å²) < 4.78 is 1.26. The number of aromatic nitrogens is 2. The molecular weight excluding hydrogens is 288 g/mol. The van der Waals surface area contributed by atoms with E-state index in [2.05, 4.69) is 15.6 Å². The lowest BCUT2D eigenvalue weighted by Gasteiger charge is -2.08. The van der Waals surface area contributed by atoms with Gasteiger partial charge in [-0.1, -0.05) is 43.6 Å². The Morgan fingerprint density at radius 3 is 2.57 bits per heavy atom. The average Bonchev–Trinajstić information content (AvgIpc) is 2.53. The number of rotatable bonds is 5. The number of halogens is 1. The fraction of sp³-hybridized carbons (Fsp3) is 0.267. The van der Waals surface area contributed by atoms with E-state index >= 15 is 0 Å². The Morgan fingerprint density at radius 2 is 1.95 bits per heavy atom. The summed E-state index contributed by atoms with van der Waals surface area (Å²) in [5.74, 6) is 0. The molecule has 5 nitrogen and oxygen atoms in total. The molecule has 0 unspecified atom stereocenters. The number of para-hydroxylation sites is 1. The molecule has 0 bridgehead atoms. The number of hydrogen-bond donors (Lipinski definition) is 1. The van der Waals surface area contributed by atoms with Crippen LogP contribution < -0.4 is 11.0 Å². The molecular formula is C15H17ClN4O. The van der Waals surface area contributed by atoms with Crippen LogP contribution in [0.25, 0.3) is 5.69 Å². The normalized spacial score (nSPS) is 10.2. The molecule has 2 rings (SSSR count). The van der Waals surface area contributed by atoms with Crippen molar-refractivity contribution in [2.24, 2.45) is 5.10 Å². The van der Waals surface area contributed by atoms with Crippen LogP contribution in [0.1, 0.15) is 26.7 Å². The molecule has 0 aliphatic heterocycles. The second kappa shape index (κ2) is 7.04. The third kappa shape index (κ3) is 3.49. The predicted octanol–water partition coefficient (Wildman–Crippen LogP) is 3.47. The number of anilines is 1. The molecule has 0 saturated heterocycles. The maximum absolute atomic E-state index is 12.3. The minimum Gasteiger partial charge on any atom is -0.275 e. The largest absolute Gasteiger partial charge is 0.292 e. The maximum atomic E-state index is 12.3. The van der Waals surface area contributed by atoms with Crippen LogP contribution in [0.5, 0.6) is 0 Å². The van der Waals surface area contributed by atoms with Crippen molar-refractivity contribution in [1.29, 1.82) is 0 Å². The van der Waals surface area contributed by atoms with E-state index in [0.717, 1.165) is 18.6 Å². The molecule has 0 saturated carbocycles. The van der Waals surface area contributed by atoms with Gasteiger partial charge in [0.2, 0.25) is 0 Å². The SMILES string of the molecule is CCC(CC)=NNc1cnn(-c2ccccc2)c(=O)c1Cl. The molecule has 0 fully saturated rings. The molecule has 1 N–H and O–H groups in total. The van der Waals surface area contributed by atoms with E-state index in [1.807, 2.05) is 32.0 Å². The highest BCUT2D eigenvalue weighted by Gasteiger charge is 2.10. The van der Waals surface area contributed by atoms with Crippen molar-refractivity contribution >= 4 is 23.0 Å². The van der Waals surface area contributed by atoms with Gasteiger partial charge in [0.05, 0.1) is 11.9 Å². The monoisotopic (exact) mass is 304 g/mol. The molecule has 0 amide bonds. The molecule has 1 aromatic heterocycles. The highest BCUT2D eigenvalue weighted by molar-refractivity contribution is 6.32. The van der Waals surface area contributed by atoms with Crippen molar-refractivity contribution in [1.82, 2.24) is 9.78 Å². The summed E-state index contributed by atoms with van der Waals surface area (Å²) in [5, 5.41) is 8.43. The van der Waals surface area contributed by atoms with Crippen LogP contribution in [0.2, 0.25) is 5.02 Å². The Labute approximate surface area is 128 Å². The minimum absolute atomic E-state index is 0.0733. The number of nitrogens with one attached hydrogen (secondary N) is 1. The average molecular weight is 305 g/mol. The molecule has 0 radical (unpaired) electrons. The molecule has 0 spiro atoms. The van der Waals surface area contributed by atoms with Gasteiger partial charge in [0.25, 0.3) is 5.56 Å². The molecule has 2 aromatic rings. The zero-order valence-corrected chi connectivity index (χ0v) is 12.8. The van der Waals surface area contributed by atoms with Crippen molar-refractivity contribution in [3.63, 3.8) is 0 Å². The second-order valence-electron chi connectivity index (χ2n) is 4.42. The number of hydrazone groups is 1. The summed E-state index contributed by atoms with van der Waals surface area (Å²) in [6.45, 7) is 4.05. The standard InChI is InChI=1S/C15H17ClN4O/c1-3-11(4-2)18-19-13-10-17-20(15(21)14(13)16)12-8-6-5-7-9-12/h5-10,19H,3-4H2,1-2H3. The van der Waals surface area contributed by atoms with Crippen LogP contribution in [0.15, 0.2) is 46.4 Å². The zero-order chi connectivity index (χ0) is 15.2. The fourth-order valence-electron chi connectivity index (χ4n) is 1.81. The summed E-state index contributed by atoms with van der Waals surface area (Å²) in [7, 11) is 0. The molecule has 0 aliphatic rings. The third-order valence-electron chi connectivity index (χ3n) is 3.07. The summed E-state index contributed by atoms with van der Waals surface area (Å²) in [6, 6.07) is 9.13. The van der Waals surface area contributed by atoms with E-state index in [4.69, 9.17) is 11.6 Å². The van der Waals surface area contributed by atoms with Crippen molar-refractivity contribution in [2.45, 2.75) is 26.7 Å². The molecule has 1 aromatic carbocycles. The summed E-state index contributed by atoms with van der Waals surface area (Å²) in [5.41, 5.74) is 4.51. The van der Waals surface area contributed by atoms with Crippen LogP contribution >= 0.6 is 11.6 Å². The van der Waals surface area contributed by atoms with E-state index in [-0.39, 0.29) is 10.6 Å². The van der Waals surface area contributed by atoms with Crippen molar-refractivity contribution < 1.29 is 0 Å². The Balaban J connectivity index is 2.35. The predicted molar refractivity (Wildman–Crippen MR) is 86.5 cm³/mol. The number of nitrogens with zero attached hydrogens (tertiary/aromatic N) is 3. The van der Waals surface area contributed by atoms with Gasteiger partial charge >= 0.3 is 0 Å². The van der Waals surface area contributed by atoms with E-state index in [9.17, 15) is 4.79 Å². The summed E-state index contributed by atoms with van der Waals surface area (Å²) >= 11 is 6.11. The van der Waals surface area contributed by atoms with Gasteiger partial charge in [-0.05, 0) is 25.0 Å². The Hall–Kier alpha value is -2.14. The number of benzene rings is 1. The lowest BCUT2D eigenvalue weighted by Crippen LogP contribution is -2.22. The van der Waals surface area contributed by atoms with Gasteiger partial charge in [-0.25, -0.2) is 0 Å². The van der Waals surface area contributed by atoms with Gasteiger partial charge in [-0.3, -0.25) is 10.2 Å². The zero-order valence-electron chi connectivity index (χ0n) is 12.0. The van der Waals surface area contributed by atoms with Crippen LogP contribution in [0.4, 0.5) is 5.69 Å². The van der Waals surface area contributed by atoms with E-state index in [0.29, 0.717) is 11.4 Å². The topological polar surface area (TPSA) is 59.3 Å². The Morgan fingerprint density at radius 1 is 1.29 bits per heavy atom. The lowest BCUT2D eigenvalue weighted by atomic mass is 10.2. The molecule has 0 atom stereocenters. The van der Waals surface area contributed by atoms with Crippen LogP contribution in [-0.4, -0.2) is 15.5 Å². The summed E-state index contributed by atoms with van der Waals surface area (Å²) in [6.07, 6.45) is 3.19. The van der Waals surface area contributed by atoms with Gasteiger partial charge in [0.15, 0.2) is 0 Å². The van der Waals surface area contributed by atoms with Gasteiger partial charge in [0, 0.05) is 5.71 Å². The first-order valence-electron chi connectivity index (χ1n) is 6.82. The van der Waals surface area contributed by atoms with Gasteiger partial charge in [0.1, 0.15) is 10.7 Å². The smallest absolute Gasteiger partial charge is 0.275 e. The van der Waals surface area contributed by atoms with Crippen molar-refractivity contribution in [3.8, 4) is 5.69 Å². The molecule has 6 heteroatoms. The van der Waals surface area contributed by atoms with Crippen molar-refractivity contribution in [2.75, 3.05) is 5.43 Å². The molecule has 1 heterocycles. The third-order valence-corrected chi connectivity index (χ3v) is 3.44. The minimum atomic E-state index is -0.377. The van der Waals surface area contributed by atoms with Crippen LogP contribution in [0.3, 0.4) is 0 Å². The van der Waals surface area contributed by atoms with Gasteiger partial charge in [-0.2, -0.15) is 14.9 Å². The maximum Gasteiger partial charge on any atom is 0.292 e. The van der Waals surface area contributed by atoms with Crippen LogP contribution in [0, 0.1) is 0 Å². The molecule has 21 heavy (non-hydrogen) atoms. The fourth-order valence-corrected chi connectivity index (χ4v) is 1.98. The highest BCUT2D eigenvalue weighted by atomic mass is 35.5. The first-order valence-corrected chi connectivity index (χ1v) is 7.19. The second-order valence-corrected chi connectivity index (χ2v) is 4.80. The van der Waals surface area contributed by atoms with Gasteiger partial charge < -0.3 is 0 Å². The molecule has 0 aliphatic carbocycles. The molecule has 110 valence electrons. The van der Waals surface area contributed by atoms with Crippen molar-refractivity contribution in [3.05, 3.63) is 51.9 Å². The van der Waals surface area contributed by atoms with E-state index in [1.54, 1.807) is 12.1 Å². The number of hydrogen-bond acceptors (Lipinski definition) is 4. The van der Waals surface area contributed by atoms with Gasteiger partial charge in [-0.15, -0.1) is 0 Å². The first-order chi connectivity index (χ1) is 10.2. The first kappa shape index (κ1) is 15.3. The quantitative estimate of drug-likeness (QED) is 0.679. The van der Waals surface area contributed by atoms with E-state index < -0.39 is 0 Å². The Kier molecular flexibility index (Phi) is 5.11. The Bertz CT molecular complexity index is 689.